The molecule has 1 atom stereocenters. The lowest BCUT2D eigenvalue weighted by Crippen LogP contribution is -2.38. The molecular formula is C18H32N2. The Balaban J connectivity index is 2.87. The number of hydrogen-bond donors (Lipinski definition) is 1. The normalized spacial score (nSPS) is 13.2. The molecule has 1 aromatic rings. The van der Waals surface area contributed by atoms with E-state index in [-0.39, 0.29) is 0 Å². The molecule has 0 saturated heterocycles. The summed E-state index contributed by atoms with van der Waals surface area (Å²) in [7, 11) is 2.25. The molecule has 20 heavy (non-hydrogen) atoms. The van der Waals surface area contributed by atoms with E-state index < -0.39 is 0 Å². The molecule has 114 valence electrons. The van der Waals surface area contributed by atoms with Crippen molar-refractivity contribution in [2.45, 2.75) is 59.5 Å². The summed E-state index contributed by atoms with van der Waals surface area (Å²) in [4.78, 5) is 2.50. The minimum Gasteiger partial charge on any atom is -0.309 e. The molecule has 0 amide bonds. The lowest BCUT2D eigenvalue weighted by Gasteiger charge is -2.31. The van der Waals surface area contributed by atoms with Crippen LogP contribution in [0.25, 0.3) is 0 Å². The minimum absolute atomic E-state index is 0.421. The van der Waals surface area contributed by atoms with Crippen molar-refractivity contribution in [3.8, 4) is 0 Å². The SMILES string of the molecule is CCNC(CN(C)C(CC)CC)c1cc(C)cc(C)c1. The third-order valence-corrected chi connectivity index (χ3v) is 4.13. The van der Waals surface area contributed by atoms with Crippen LogP contribution in [0.5, 0.6) is 0 Å². The van der Waals surface area contributed by atoms with E-state index in [1.54, 1.807) is 0 Å². The molecule has 0 fully saturated rings. The van der Waals surface area contributed by atoms with Crippen LogP contribution in [0.2, 0.25) is 0 Å². The first-order valence-corrected chi connectivity index (χ1v) is 8.03. The van der Waals surface area contributed by atoms with Gasteiger partial charge >= 0.3 is 0 Å². The zero-order valence-corrected chi connectivity index (χ0v) is 14.2. The average molecular weight is 276 g/mol. The standard InChI is InChI=1S/C18H32N2/c1-7-17(8-2)20(6)13-18(19-9-3)16-11-14(4)10-15(5)12-16/h10-12,17-19H,7-9,13H2,1-6H3. The van der Waals surface area contributed by atoms with E-state index in [1.807, 2.05) is 0 Å². The predicted octanol–water partition coefficient (Wildman–Crippen LogP) is 4.07. The highest BCUT2D eigenvalue weighted by Gasteiger charge is 2.17. The minimum atomic E-state index is 0.421. The molecule has 0 radical (unpaired) electrons. The number of likely N-dealkylation sites (N-methyl/N-ethyl adjacent to an activating group) is 2. The fraction of sp³-hybridized carbons (Fsp3) is 0.667. The van der Waals surface area contributed by atoms with Crippen molar-refractivity contribution in [1.82, 2.24) is 10.2 Å². The Morgan fingerprint density at radius 1 is 1.00 bits per heavy atom. The topological polar surface area (TPSA) is 15.3 Å². The van der Waals surface area contributed by atoms with Crippen molar-refractivity contribution < 1.29 is 0 Å². The molecule has 2 nitrogen and oxygen atoms in total. The molecule has 0 aliphatic heterocycles. The van der Waals surface area contributed by atoms with E-state index >= 15 is 0 Å². The maximum atomic E-state index is 3.65. The van der Waals surface area contributed by atoms with E-state index in [4.69, 9.17) is 0 Å². The Morgan fingerprint density at radius 2 is 1.55 bits per heavy atom. The van der Waals surface area contributed by atoms with E-state index in [0.29, 0.717) is 12.1 Å². The van der Waals surface area contributed by atoms with Gasteiger partial charge < -0.3 is 10.2 Å². The van der Waals surface area contributed by atoms with Gasteiger partial charge in [-0.1, -0.05) is 50.1 Å². The molecule has 0 heterocycles. The Hall–Kier alpha value is -0.860. The zero-order chi connectivity index (χ0) is 15.1. The van der Waals surface area contributed by atoms with Crippen molar-refractivity contribution in [3.05, 3.63) is 34.9 Å². The molecule has 1 N–H and O–H groups in total. The van der Waals surface area contributed by atoms with Crippen LogP contribution in [0.15, 0.2) is 18.2 Å². The fourth-order valence-electron chi connectivity index (χ4n) is 3.09. The summed E-state index contributed by atoms with van der Waals surface area (Å²) in [6.07, 6.45) is 2.44. The van der Waals surface area contributed by atoms with Crippen LogP contribution in [0.1, 0.15) is 56.3 Å². The van der Waals surface area contributed by atoms with Crippen LogP contribution in [0.3, 0.4) is 0 Å². The van der Waals surface area contributed by atoms with Gasteiger partial charge in [-0.3, -0.25) is 0 Å². The third kappa shape index (κ3) is 4.92. The average Bonchev–Trinajstić information content (AvgIpc) is 2.38. The Kier molecular flexibility index (Phi) is 7.25. The van der Waals surface area contributed by atoms with Gasteiger partial charge in [0, 0.05) is 18.6 Å². The summed E-state index contributed by atoms with van der Waals surface area (Å²) in [5.74, 6) is 0. The van der Waals surface area contributed by atoms with Crippen molar-refractivity contribution in [3.63, 3.8) is 0 Å². The molecule has 0 aliphatic carbocycles. The van der Waals surface area contributed by atoms with E-state index in [2.05, 4.69) is 70.1 Å². The third-order valence-electron chi connectivity index (χ3n) is 4.13. The Bertz CT molecular complexity index is 376. The predicted molar refractivity (Wildman–Crippen MR) is 89.3 cm³/mol. The second-order valence-electron chi connectivity index (χ2n) is 5.94. The molecule has 1 aromatic carbocycles. The van der Waals surface area contributed by atoms with Gasteiger partial charge in [-0.15, -0.1) is 0 Å². The van der Waals surface area contributed by atoms with Crippen LogP contribution in [-0.2, 0) is 0 Å². The van der Waals surface area contributed by atoms with Gasteiger partial charge in [0.1, 0.15) is 0 Å². The first-order valence-electron chi connectivity index (χ1n) is 8.03. The highest BCUT2D eigenvalue weighted by molar-refractivity contribution is 5.31. The number of nitrogens with zero attached hydrogens (tertiary/aromatic N) is 1. The lowest BCUT2D eigenvalue weighted by molar-refractivity contribution is 0.206. The summed E-state index contributed by atoms with van der Waals surface area (Å²) in [6, 6.07) is 7.99. The van der Waals surface area contributed by atoms with Crippen LogP contribution in [0, 0.1) is 13.8 Å². The van der Waals surface area contributed by atoms with Gasteiger partial charge in [0.05, 0.1) is 0 Å². The van der Waals surface area contributed by atoms with Crippen LogP contribution >= 0.6 is 0 Å². The Labute approximate surface area is 125 Å². The van der Waals surface area contributed by atoms with E-state index in [1.165, 1.54) is 29.5 Å². The van der Waals surface area contributed by atoms with Gasteiger partial charge in [0.2, 0.25) is 0 Å². The molecule has 0 bridgehead atoms. The smallest absolute Gasteiger partial charge is 0.0449 e. The van der Waals surface area contributed by atoms with Crippen molar-refractivity contribution in [2.75, 3.05) is 20.1 Å². The molecule has 0 aliphatic rings. The number of nitrogens with one attached hydrogen (secondary N) is 1. The Morgan fingerprint density at radius 3 is 2.00 bits per heavy atom. The van der Waals surface area contributed by atoms with Crippen molar-refractivity contribution >= 4 is 0 Å². The highest BCUT2D eigenvalue weighted by Crippen LogP contribution is 2.19. The molecule has 1 rings (SSSR count). The maximum absolute atomic E-state index is 3.65. The van der Waals surface area contributed by atoms with Gasteiger partial charge in [0.25, 0.3) is 0 Å². The quantitative estimate of drug-likeness (QED) is 0.770. The van der Waals surface area contributed by atoms with Crippen molar-refractivity contribution in [2.24, 2.45) is 0 Å². The first kappa shape index (κ1) is 17.2. The van der Waals surface area contributed by atoms with Crippen LogP contribution < -0.4 is 5.32 Å². The first-order chi connectivity index (χ1) is 9.51. The number of aryl methyl sites for hydroxylation is 2. The molecule has 2 heteroatoms. The van der Waals surface area contributed by atoms with Crippen LogP contribution in [-0.4, -0.2) is 31.1 Å². The van der Waals surface area contributed by atoms with Crippen LogP contribution in [0.4, 0.5) is 0 Å². The summed E-state index contributed by atoms with van der Waals surface area (Å²) >= 11 is 0. The molecule has 0 saturated carbocycles. The molecule has 0 aromatic heterocycles. The van der Waals surface area contributed by atoms with E-state index in [9.17, 15) is 0 Å². The number of hydrogen-bond acceptors (Lipinski definition) is 2. The summed E-state index contributed by atoms with van der Waals surface area (Å²) in [5.41, 5.74) is 4.13. The number of rotatable bonds is 8. The summed E-state index contributed by atoms with van der Waals surface area (Å²) in [5, 5.41) is 3.65. The number of benzene rings is 1. The molecular weight excluding hydrogens is 244 g/mol. The summed E-state index contributed by atoms with van der Waals surface area (Å²) in [6.45, 7) is 13.2. The second kappa shape index (κ2) is 8.43. The van der Waals surface area contributed by atoms with Crippen molar-refractivity contribution in [1.29, 1.82) is 0 Å². The van der Waals surface area contributed by atoms with E-state index in [0.717, 1.165) is 13.1 Å². The van der Waals surface area contributed by atoms with Gasteiger partial charge in [-0.05, 0) is 45.8 Å². The molecule has 0 spiro atoms. The largest absolute Gasteiger partial charge is 0.309 e. The monoisotopic (exact) mass is 276 g/mol. The zero-order valence-electron chi connectivity index (χ0n) is 14.2. The summed E-state index contributed by atoms with van der Waals surface area (Å²) < 4.78 is 0. The highest BCUT2D eigenvalue weighted by atomic mass is 15.1. The fourth-order valence-corrected chi connectivity index (χ4v) is 3.09. The second-order valence-corrected chi connectivity index (χ2v) is 5.94. The maximum Gasteiger partial charge on any atom is 0.0449 e. The van der Waals surface area contributed by atoms with Gasteiger partial charge in [-0.25, -0.2) is 0 Å². The molecule has 1 unspecified atom stereocenters. The van der Waals surface area contributed by atoms with Gasteiger partial charge in [-0.2, -0.15) is 0 Å². The lowest BCUT2D eigenvalue weighted by atomic mass is 10.00. The van der Waals surface area contributed by atoms with Gasteiger partial charge in [0.15, 0.2) is 0 Å².